The van der Waals surface area contributed by atoms with Crippen LogP contribution in [-0.4, -0.2) is 36.0 Å². The van der Waals surface area contributed by atoms with Crippen molar-refractivity contribution in [1.29, 1.82) is 0 Å². The summed E-state index contributed by atoms with van der Waals surface area (Å²) in [4.78, 5) is 9.18. The maximum atomic E-state index is 8.32. The molecule has 1 heterocycles. The normalized spacial score (nSPS) is 26.5. The summed E-state index contributed by atoms with van der Waals surface area (Å²) in [5.74, 6) is 0.625. The molecule has 1 atom stereocenters. The van der Waals surface area contributed by atoms with Crippen molar-refractivity contribution in [3.05, 3.63) is 10.4 Å². The standard InChI is InChI=1S/C9H16N6/c10-9-12-5-8(6-13-14-11)15(9)7-3-1-2-4-7/h7-8H,1-6H2,(H2,10,12). The molecule has 0 aromatic rings. The Morgan fingerprint density at radius 2 is 2.27 bits per heavy atom. The Hall–Kier alpha value is -1.42. The van der Waals surface area contributed by atoms with Crippen LogP contribution in [0.1, 0.15) is 25.7 Å². The van der Waals surface area contributed by atoms with E-state index in [1.54, 1.807) is 0 Å². The minimum atomic E-state index is 0.184. The zero-order valence-electron chi connectivity index (χ0n) is 8.71. The van der Waals surface area contributed by atoms with Crippen LogP contribution in [0.25, 0.3) is 10.4 Å². The monoisotopic (exact) mass is 208 g/mol. The van der Waals surface area contributed by atoms with E-state index < -0.39 is 0 Å². The van der Waals surface area contributed by atoms with Crippen molar-refractivity contribution < 1.29 is 0 Å². The third-order valence-corrected chi connectivity index (χ3v) is 3.20. The first-order chi connectivity index (χ1) is 7.33. The first-order valence-electron chi connectivity index (χ1n) is 5.42. The molecule has 2 rings (SSSR count). The first kappa shape index (κ1) is 10.1. The lowest BCUT2D eigenvalue weighted by molar-refractivity contribution is 0.263. The van der Waals surface area contributed by atoms with Crippen molar-refractivity contribution >= 4 is 5.96 Å². The van der Waals surface area contributed by atoms with Crippen LogP contribution in [0.4, 0.5) is 0 Å². The Morgan fingerprint density at radius 1 is 1.53 bits per heavy atom. The van der Waals surface area contributed by atoms with E-state index in [2.05, 4.69) is 19.9 Å². The molecule has 0 radical (unpaired) electrons. The summed E-state index contributed by atoms with van der Waals surface area (Å²) in [6.45, 7) is 1.14. The fraction of sp³-hybridized carbons (Fsp3) is 0.889. The molecule has 0 saturated heterocycles. The third-order valence-electron chi connectivity index (χ3n) is 3.20. The molecule has 6 heteroatoms. The number of azide groups is 1. The summed E-state index contributed by atoms with van der Waals surface area (Å²) in [7, 11) is 0. The van der Waals surface area contributed by atoms with Crippen LogP contribution in [0.3, 0.4) is 0 Å². The number of hydrogen-bond acceptors (Lipinski definition) is 4. The topological polar surface area (TPSA) is 90.4 Å². The smallest absolute Gasteiger partial charge is 0.191 e. The summed E-state index contributed by atoms with van der Waals surface area (Å²) in [5, 5.41) is 3.62. The van der Waals surface area contributed by atoms with Crippen LogP contribution in [-0.2, 0) is 0 Å². The quantitative estimate of drug-likeness (QED) is 0.429. The second kappa shape index (κ2) is 4.40. The molecule has 2 N–H and O–H groups in total. The average Bonchev–Trinajstić information content (AvgIpc) is 2.84. The van der Waals surface area contributed by atoms with Gasteiger partial charge in [0.1, 0.15) is 0 Å². The van der Waals surface area contributed by atoms with Gasteiger partial charge in [0.05, 0.1) is 12.6 Å². The number of rotatable bonds is 3. The molecule has 15 heavy (non-hydrogen) atoms. The molecule has 6 nitrogen and oxygen atoms in total. The summed E-state index contributed by atoms with van der Waals surface area (Å²) >= 11 is 0. The van der Waals surface area contributed by atoms with Crippen LogP contribution in [0.15, 0.2) is 10.1 Å². The van der Waals surface area contributed by atoms with E-state index in [4.69, 9.17) is 11.3 Å². The number of nitrogens with two attached hydrogens (primary N) is 1. The van der Waals surface area contributed by atoms with Gasteiger partial charge in [-0.25, -0.2) is 0 Å². The molecule has 0 aromatic heterocycles. The Kier molecular flexibility index (Phi) is 2.97. The number of aliphatic imine (C=N–C) groups is 1. The molecule has 1 aliphatic carbocycles. The van der Waals surface area contributed by atoms with E-state index in [9.17, 15) is 0 Å². The lowest BCUT2D eigenvalue weighted by Gasteiger charge is -2.31. The SMILES string of the molecule is [N-]=[N+]=NCC1CN=C(N)N1C1CCCC1. The summed E-state index contributed by atoms with van der Waals surface area (Å²) < 4.78 is 0. The molecule has 82 valence electrons. The predicted octanol–water partition coefficient (Wildman–Crippen LogP) is 1.24. The van der Waals surface area contributed by atoms with Gasteiger partial charge in [-0.15, -0.1) is 0 Å². The van der Waals surface area contributed by atoms with Crippen molar-refractivity contribution in [2.75, 3.05) is 13.1 Å². The van der Waals surface area contributed by atoms with Crippen LogP contribution in [0, 0.1) is 0 Å². The zero-order valence-corrected chi connectivity index (χ0v) is 8.71. The molecular formula is C9H16N6. The fourth-order valence-electron chi connectivity index (χ4n) is 2.50. The summed E-state index contributed by atoms with van der Waals surface area (Å²) in [6.07, 6.45) is 4.90. The number of nitrogens with zero attached hydrogens (tertiary/aromatic N) is 5. The third kappa shape index (κ3) is 1.99. The van der Waals surface area contributed by atoms with E-state index in [-0.39, 0.29) is 6.04 Å². The fourth-order valence-corrected chi connectivity index (χ4v) is 2.50. The van der Waals surface area contributed by atoms with Crippen molar-refractivity contribution in [1.82, 2.24) is 4.90 Å². The molecule has 1 aliphatic heterocycles. The summed E-state index contributed by atoms with van der Waals surface area (Å²) in [6, 6.07) is 0.694. The minimum Gasteiger partial charge on any atom is -0.370 e. The van der Waals surface area contributed by atoms with Crippen LogP contribution >= 0.6 is 0 Å². The summed E-state index contributed by atoms with van der Waals surface area (Å²) in [5.41, 5.74) is 14.2. The molecule has 1 unspecified atom stereocenters. The zero-order chi connectivity index (χ0) is 10.7. The Balaban J connectivity index is 2.03. The van der Waals surface area contributed by atoms with Gasteiger partial charge in [-0.2, -0.15) is 0 Å². The Labute approximate surface area is 88.8 Å². The second-order valence-corrected chi connectivity index (χ2v) is 4.11. The van der Waals surface area contributed by atoms with Gasteiger partial charge in [-0.05, 0) is 18.4 Å². The maximum Gasteiger partial charge on any atom is 0.191 e. The van der Waals surface area contributed by atoms with E-state index in [0.717, 1.165) is 0 Å². The average molecular weight is 208 g/mol. The maximum absolute atomic E-state index is 8.32. The molecular weight excluding hydrogens is 192 g/mol. The number of guanidine groups is 1. The Bertz CT molecular complexity index is 300. The van der Waals surface area contributed by atoms with Crippen molar-refractivity contribution in [2.45, 2.75) is 37.8 Å². The van der Waals surface area contributed by atoms with Gasteiger partial charge < -0.3 is 10.6 Å². The van der Waals surface area contributed by atoms with Crippen LogP contribution in [0.5, 0.6) is 0 Å². The lowest BCUT2D eigenvalue weighted by Crippen LogP contribution is -2.47. The van der Waals surface area contributed by atoms with Gasteiger partial charge in [0, 0.05) is 17.5 Å². The molecule has 1 saturated carbocycles. The van der Waals surface area contributed by atoms with Crippen molar-refractivity contribution in [3.8, 4) is 0 Å². The first-order valence-corrected chi connectivity index (χ1v) is 5.42. The minimum absolute atomic E-state index is 0.184. The van der Waals surface area contributed by atoms with E-state index in [1.807, 2.05) is 0 Å². The van der Waals surface area contributed by atoms with E-state index in [0.29, 0.717) is 25.1 Å². The molecule has 0 spiro atoms. The molecule has 0 amide bonds. The van der Waals surface area contributed by atoms with Crippen molar-refractivity contribution in [3.63, 3.8) is 0 Å². The molecule has 2 aliphatic rings. The van der Waals surface area contributed by atoms with Gasteiger partial charge in [0.25, 0.3) is 0 Å². The van der Waals surface area contributed by atoms with Gasteiger partial charge >= 0.3 is 0 Å². The van der Waals surface area contributed by atoms with Crippen molar-refractivity contribution in [2.24, 2.45) is 15.8 Å². The highest BCUT2D eigenvalue weighted by atomic mass is 15.4. The van der Waals surface area contributed by atoms with Gasteiger partial charge in [-0.3, -0.25) is 4.99 Å². The van der Waals surface area contributed by atoms with Gasteiger partial charge in [0.2, 0.25) is 0 Å². The molecule has 1 fully saturated rings. The molecule has 0 aromatic carbocycles. The van der Waals surface area contributed by atoms with Crippen LogP contribution in [0.2, 0.25) is 0 Å². The van der Waals surface area contributed by atoms with E-state index in [1.165, 1.54) is 25.7 Å². The number of hydrogen-bond donors (Lipinski definition) is 1. The second-order valence-electron chi connectivity index (χ2n) is 4.11. The Morgan fingerprint density at radius 3 is 2.93 bits per heavy atom. The highest BCUT2D eigenvalue weighted by Gasteiger charge is 2.33. The van der Waals surface area contributed by atoms with Crippen LogP contribution < -0.4 is 5.73 Å². The predicted molar refractivity (Wildman–Crippen MR) is 58.4 cm³/mol. The lowest BCUT2D eigenvalue weighted by atomic mass is 10.1. The van der Waals surface area contributed by atoms with Gasteiger partial charge in [0.15, 0.2) is 5.96 Å². The highest BCUT2D eigenvalue weighted by molar-refractivity contribution is 5.80. The van der Waals surface area contributed by atoms with E-state index >= 15 is 0 Å². The molecule has 0 bridgehead atoms. The van der Waals surface area contributed by atoms with Gasteiger partial charge in [-0.1, -0.05) is 18.0 Å². The largest absolute Gasteiger partial charge is 0.370 e. The highest BCUT2D eigenvalue weighted by Crippen LogP contribution is 2.27.